The van der Waals surface area contributed by atoms with E-state index < -0.39 is 0 Å². The third-order valence-electron chi connectivity index (χ3n) is 4.73. The number of nitrogens with one attached hydrogen (secondary N) is 1. The molecule has 3 heteroatoms. The van der Waals surface area contributed by atoms with E-state index in [1.54, 1.807) is 0 Å². The second-order valence-corrected chi connectivity index (χ2v) is 6.68. The van der Waals surface area contributed by atoms with Crippen molar-refractivity contribution < 1.29 is 4.74 Å². The Morgan fingerprint density at radius 1 is 1.30 bits per heavy atom. The number of hydrogen-bond acceptors (Lipinski definition) is 2. The molecular weight excluding hydrogens is 270 g/mol. The Bertz CT molecular complexity index is 468. The average Bonchev–Trinajstić information content (AvgIpc) is 2.88. The number of halogens is 1. The lowest BCUT2D eigenvalue weighted by Crippen LogP contribution is -2.51. The van der Waals surface area contributed by atoms with Gasteiger partial charge in [0.1, 0.15) is 11.9 Å². The van der Waals surface area contributed by atoms with Crippen molar-refractivity contribution in [3.05, 3.63) is 29.3 Å². The van der Waals surface area contributed by atoms with E-state index in [9.17, 15) is 0 Å². The summed E-state index contributed by atoms with van der Waals surface area (Å²) in [6.45, 7) is 3.04. The maximum Gasteiger partial charge on any atom is 0.123 e. The lowest BCUT2D eigenvalue weighted by molar-refractivity contribution is 0.185. The fourth-order valence-electron chi connectivity index (χ4n) is 3.48. The first-order chi connectivity index (χ1) is 9.71. The fourth-order valence-corrected chi connectivity index (χ4v) is 3.84. The van der Waals surface area contributed by atoms with Crippen molar-refractivity contribution in [2.24, 2.45) is 0 Å². The smallest absolute Gasteiger partial charge is 0.123 e. The zero-order valence-electron chi connectivity index (χ0n) is 12.3. The van der Waals surface area contributed by atoms with Crippen LogP contribution in [0.1, 0.15) is 43.2 Å². The normalized spacial score (nSPS) is 24.2. The first kappa shape index (κ1) is 14.2. The van der Waals surface area contributed by atoms with Gasteiger partial charge in [0.15, 0.2) is 0 Å². The maximum atomic E-state index is 6.23. The maximum absolute atomic E-state index is 6.23. The molecule has 1 atom stereocenters. The van der Waals surface area contributed by atoms with Crippen LogP contribution < -0.4 is 10.1 Å². The van der Waals surface area contributed by atoms with Crippen molar-refractivity contribution in [2.75, 3.05) is 12.4 Å². The number of alkyl halides is 1. The number of rotatable bonds is 4. The van der Waals surface area contributed by atoms with Crippen molar-refractivity contribution in [3.8, 4) is 5.75 Å². The Kier molecular flexibility index (Phi) is 4.23. The number of benzene rings is 1. The lowest BCUT2D eigenvalue weighted by atomic mass is 9.83. The molecule has 1 aliphatic carbocycles. The zero-order chi connectivity index (χ0) is 14.0. The van der Waals surface area contributed by atoms with Gasteiger partial charge in [-0.1, -0.05) is 37.0 Å². The van der Waals surface area contributed by atoms with Gasteiger partial charge in [-0.2, -0.15) is 0 Å². The van der Waals surface area contributed by atoms with E-state index in [1.165, 1.54) is 43.2 Å². The molecule has 1 heterocycles. The summed E-state index contributed by atoms with van der Waals surface area (Å²) < 4.78 is 6.04. The standard InChI is InChI=1S/C17H24ClNO/c1-13-5-6-16-14(9-13)10-15(20-16)11-19-17(12-18)7-3-2-4-8-17/h5-6,9,15,19H,2-4,7-8,10-12H2,1H3. The molecule has 0 spiro atoms. The molecule has 110 valence electrons. The van der Waals surface area contributed by atoms with Gasteiger partial charge in [-0.15, -0.1) is 11.6 Å². The van der Waals surface area contributed by atoms with Crippen LogP contribution in [0.15, 0.2) is 18.2 Å². The van der Waals surface area contributed by atoms with Crippen LogP contribution in [0.3, 0.4) is 0 Å². The molecule has 2 aliphatic rings. The lowest BCUT2D eigenvalue weighted by Gasteiger charge is -2.37. The van der Waals surface area contributed by atoms with Crippen LogP contribution >= 0.6 is 11.6 Å². The van der Waals surface area contributed by atoms with Crippen LogP contribution in [0, 0.1) is 6.92 Å². The Morgan fingerprint density at radius 2 is 2.10 bits per heavy atom. The first-order valence-corrected chi connectivity index (χ1v) is 8.31. The van der Waals surface area contributed by atoms with Crippen molar-refractivity contribution in [2.45, 2.75) is 57.1 Å². The molecule has 1 unspecified atom stereocenters. The van der Waals surface area contributed by atoms with Crippen molar-refractivity contribution >= 4 is 11.6 Å². The highest BCUT2D eigenvalue weighted by atomic mass is 35.5. The van der Waals surface area contributed by atoms with Crippen LogP contribution in [0.5, 0.6) is 5.75 Å². The molecule has 1 aromatic carbocycles. The molecular formula is C17H24ClNO. The summed E-state index contributed by atoms with van der Waals surface area (Å²) in [5.41, 5.74) is 2.80. The molecule has 1 N–H and O–H groups in total. The number of fused-ring (bicyclic) bond motifs is 1. The summed E-state index contributed by atoms with van der Waals surface area (Å²) >= 11 is 6.23. The van der Waals surface area contributed by atoms with E-state index in [4.69, 9.17) is 16.3 Å². The molecule has 1 saturated carbocycles. The minimum absolute atomic E-state index is 0.147. The van der Waals surface area contributed by atoms with Gasteiger partial charge < -0.3 is 10.1 Å². The van der Waals surface area contributed by atoms with E-state index in [1.807, 2.05) is 0 Å². The van der Waals surface area contributed by atoms with Crippen LogP contribution in [0.25, 0.3) is 0 Å². The molecule has 2 nitrogen and oxygen atoms in total. The van der Waals surface area contributed by atoms with Gasteiger partial charge in [-0.05, 0) is 31.4 Å². The van der Waals surface area contributed by atoms with Crippen LogP contribution in [0.2, 0.25) is 0 Å². The Hall–Kier alpha value is -0.730. The number of aryl methyl sites for hydroxylation is 1. The van der Waals surface area contributed by atoms with Gasteiger partial charge in [0.05, 0.1) is 0 Å². The Balaban J connectivity index is 1.57. The molecule has 0 aromatic heterocycles. The summed E-state index contributed by atoms with van der Waals surface area (Å²) in [5, 5.41) is 3.72. The Morgan fingerprint density at radius 3 is 2.85 bits per heavy atom. The van der Waals surface area contributed by atoms with Gasteiger partial charge in [-0.25, -0.2) is 0 Å². The second-order valence-electron chi connectivity index (χ2n) is 6.41. The summed E-state index contributed by atoms with van der Waals surface area (Å²) in [5.74, 6) is 1.78. The third kappa shape index (κ3) is 2.96. The molecule has 0 saturated heterocycles. The quantitative estimate of drug-likeness (QED) is 0.852. The topological polar surface area (TPSA) is 21.3 Å². The van der Waals surface area contributed by atoms with Crippen molar-refractivity contribution in [3.63, 3.8) is 0 Å². The molecule has 1 aromatic rings. The molecule has 0 amide bonds. The summed E-state index contributed by atoms with van der Waals surface area (Å²) in [6, 6.07) is 6.46. The SMILES string of the molecule is Cc1ccc2c(c1)CC(CNC1(CCl)CCCCC1)O2. The van der Waals surface area contributed by atoms with E-state index >= 15 is 0 Å². The molecule has 1 aliphatic heterocycles. The van der Waals surface area contributed by atoms with Gasteiger partial charge in [0.2, 0.25) is 0 Å². The minimum Gasteiger partial charge on any atom is -0.488 e. The van der Waals surface area contributed by atoms with Crippen LogP contribution in [-0.2, 0) is 6.42 Å². The summed E-state index contributed by atoms with van der Waals surface area (Å²) in [6.07, 6.45) is 7.63. The average molecular weight is 294 g/mol. The number of ether oxygens (including phenoxy) is 1. The highest BCUT2D eigenvalue weighted by Gasteiger charge is 2.32. The van der Waals surface area contributed by atoms with E-state index in [-0.39, 0.29) is 11.6 Å². The highest BCUT2D eigenvalue weighted by Crippen LogP contribution is 2.32. The van der Waals surface area contributed by atoms with Crippen molar-refractivity contribution in [1.82, 2.24) is 5.32 Å². The predicted octanol–water partition coefficient (Wildman–Crippen LogP) is 3.83. The molecule has 0 bridgehead atoms. The van der Waals surface area contributed by atoms with Crippen LogP contribution in [-0.4, -0.2) is 24.1 Å². The third-order valence-corrected chi connectivity index (χ3v) is 5.24. The zero-order valence-corrected chi connectivity index (χ0v) is 13.0. The highest BCUT2D eigenvalue weighted by molar-refractivity contribution is 6.18. The summed E-state index contributed by atoms with van der Waals surface area (Å²) in [7, 11) is 0. The van der Waals surface area contributed by atoms with E-state index in [2.05, 4.69) is 30.4 Å². The van der Waals surface area contributed by atoms with Gasteiger partial charge in [0, 0.05) is 24.4 Å². The minimum atomic E-state index is 0.147. The Labute approximate surface area is 126 Å². The summed E-state index contributed by atoms with van der Waals surface area (Å²) in [4.78, 5) is 0. The van der Waals surface area contributed by atoms with E-state index in [0.29, 0.717) is 5.88 Å². The molecule has 0 radical (unpaired) electrons. The second kappa shape index (κ2) is 5.95. The van der Waals surface area contributed by atoms with Crippen molar-refractivity contribution in [1.29, 1.82) is 0 Å². The van der Waals surface area contributed by atoms with E-state index in [0.717, 1.165) is 18.7 Å². The van der Waals surface area contributed by atoms with Crippen LogP contribution in [0.4, 0.5) is 0 Å². The monoisotopic (exact) mass is 293 g/mol. The molecule has 1 fully saturated rings. The predicted molar refractivity (Wildman–Crippen MR) is 83.8 cm³/mol. The fraction of sp³-hybridized carbons (Fsp3) is 0.647. The van der Waals surface area contributed by atoms with Gasteiger partial charge in [-0.3, -0.25) is 0 Å². The number of hydrogen-bond donors (Lipinski definition) is 1. The molecule has 3 rings (SSSR count). The largest absolute Gasteiger partial charge is 0.488 e. The van der Waals surface area contributed by atoms with Gasteiger partial charge >= 0.3 is 0 Å². The molecule has 20 heavy (non-hydrogen) atoms. The first-order valence-electron chi connectivity index (χ1n) is 7.78. The van der Waals surface area contributed by atoms with Gasteiger partial charge in [0.25, 0.3) is 0 Å².